The molecule has 0 unspecified atom stereocenters. The molecular formula is C8H13N3O2. The minimum Gasteiger partial charge on any atom is -0.476 e. The van der Waals surface area contributed by atoms with Crippen LogP contribution in [0.1, 0.15) is 30.0 Å². The van der Waals surface area contributed by atoms with Crippen molar-refractivity contribution in [3.63, 3.8) is 0 Å². The van der Waals surface area contributed by atoms with Gasteiger partial charge in [-0.2, -0.15) is 5.10 Å². The Morgan fingerprint density at radius 2 is 2.23 bits per heavy atom. The van der Waals surface area contributed by atoms with Crippen LogP contribution in [0.25, 0.3) is 0 Å². The molecule has 0 aliphatic carbocycles. The average Bonchev–Trinajstić information content (AvgIpc) is 2.32. The Balaban J connectivity index is 3.01. The summed E-state index contributed by atoms with van der Waals surface area (Å²) in [6.45, 7) is 5.67. The number of nitrogens with zero attached hydrogens (tertiary/aromatic N) is 1. The number of aromatic nitrogens is 2. The van der Waals surface area contributed by atoms with Crippen molar-refractivity contribution in [2.45, 2.75) is 26.8 Å². The van der Waals surface area contributed by atoms with Crippen molar-refractivity contribution in [1.82, 2.24) is 10.2 Å². The molecule has 1 aromatic rings. The van der Waals surface area contributed by atoms with E-state index < -0.39 is 5.97 Å². The maximum Gasteiger partial charge on any atom is 0.358 e. The molecule has 5 nitrogen and oxygen atoms in total. The Morgan fingerprint density at radius 1 is 1.62 bits per heavy atom. The van der Waals surface area contributed by atoms with Crippen molar-refractivity contribution in [3.05, 3.63) is 11.4 Å². The Labute approximate surface area is 76.2 Å². The van der Waals surface area contributed by atoms with Crippen molar-refractivity contribution < 1.29 is 9.90 Å². The Bertz CT molecular complexity index is 317. The highest BCUT2D eigenvalue weighted by Crippen LogP contribution is 2.17. The molecule has 3 N–H and O–H groups in total. The summed E-state index contributed by atoms with van der Waals surface area (Å²) in [5.74, 6) is -1.02. The molecule has 0 fully saturated rings. The summed E-state index contributed by atoms with van der Waals surface area (Å²) < 4.78 is 0. The molecule has 0 radical (unpaired) electrons. The molecule has 1 heterocycles. The van der Waals surface area contributed by atoms with Crippen LogP contribution >= 0.6 is 0 Å². The summed E-state index contributed by atoms with van der Waals surface area (Å²) in [4.78, 5) is 10.7. The number of nitrogens with one attached hydrogen (secondary N) is 2. The highest BCUT2D eigenvalue weighted by Gasteiger charge is 2.16. The van der Waals surface area contributed by atoms with Crippen molar-refractivity contribution in [1.29, 1.82) is 0 Å². The standard InChI is InChI=1S/C8H13N3O2/c1-4(2)9-6-5(3)10-11-7(6)8(12)13/h4,9H,1-3H3,(H,10,11)(H,12,13). The first-order chi connectivity index (χ1) is 6.02. The van der Waals surface area contributed by atoms with E-state index >= 15 is 0 Å². The van der Waals surface area contributed by atoms with Gasteiger partial charge >= 0.3 is 5.97 Å². The molecule has 0 spiro atoms. The first-order valence-corrected chi connectivity index (χ1v) is 4.07. The van der Waals surface area contributed by atoms with E-state index in [2.05, 4.69) is 15.5 Å². The highest BCUT2D eigenvalue weighted by atomic mass is 16.4. The van der Waals surface area contributed by atoms with Gasteiger partial charge in [-0.1, -0.05) is 0 Å². The number of carbonyl (C=O) groups is 1. The van der Waals surface area contributed by atoms with Gasteiger partial charge in [0.25, 0.3) is 0 Å². The molecular weight excluding hydrogens is 170 g/mol. The van der Waals surface area contributed by atoms with Crippen LogP contribution in [0.2, 0.25) is 0 Å². The van der Waals surface area contributed by atoms with Gasteiger partial charge in [0.1, 0.15) is 0 Å². The largest absolute Gasteiger partial charge is 0.476 e. The summed E-state index contributed by atoms with van der Waals surface area (Å²) >= 11 is 0. The lowest BCUT2D eigenvalue weighted by atomic mass is 10.2. The Hall–Kier alpha value is -1.52. The number of aromatic carboxylic acids is 1. The van der Waals surface area contributed by atoms with Crippen molar-refractivity contribution >= 4 is 11.7 Å². The van der Waals surface area contributed by atoms with Crippen LogP contribution in [0.5, 0.6) is 0 Å². The molecule has 13 heavy (non-hydrogen) atoms. The molecule has 0 aliphatic rings. The van der Waals surface area contributed by atoms with E-state index in [0.29, 0.717) is 5.69 Å². The number of hydrogen-bond donors (Lipinski definition) is 3. The van der Waals surface area contributed by atoms with Gasteiger partial charge in [-0.25, -0.2) is 4.79 Å². The van der Waals surface area contributed by atoms with Crippen molar-refractivity contribution in [3.8, 4) is 0 Å². The average molecular weight is 183 g/mol. The number of rotatable bonds is 3. The zero-order valence-electron chi connectivity index (χ0n) is 7.88. The predicted molar refractivity (Wildman–Crippen MR) is 49.0 cm³/mol. The molecule has 1 aromatic heterocycles. The van der Waals surface area contributed by atoms with E-state index in [9.17, 15) is 4.79 Å². The van der Waals surface area contributed by atoms with Gasteiger partial charge < -0.3 is 10.4 Å². The van der Waals surface area contributed by atoms with Crippen molar-refractivity contribution in [2.24, 2.45) is 0 Å². The molecule has 0 bridgehead atoms. The van der Waals surface area contributed by atoms with Gasteiger partial charge in [-0.05, 0) is 20.8 Å². The lowest BCUT2D eigenvalue weighted by Crippen LogP contribution is -2.13. The molecule has 0 aliphatic heterocycles. The number of anilines is 1. The van der Waals surface area contributed by atoms with Gasteiger partial charge in [0, 0.05) is 6.04 Å². The molecule has 0 saturated carbocycles. The van der Waals surface area contributed by atoms with Crippen LogP contribution in [0.3, 0.4) is 0 Å². The lowest BCUT2D eigenvalue weighted by Gasteiger charge is -2.08. The fraction of sp³-hybridized carbons (Fsp3) is 0.500. The van der Waals surface area contributed by atoms with Crippen LogP contribution in [0.4, 0.5) is 5.69 Å². The van der Waals surface area contributed by atoms with Crippen LogP contribution in [-0.2, 0) is 0 Å². The number of H-pyrrole nitrogens is 1. The molecule has 0 amide bonds. The third-order valence-electron chi connectivity index (χ3n) is 1.58. The topological polar surface area (TPSA) is 78.0 Å². The number of hydrogen-bond acceptors (Lipinski definition) is 3. The normalized spacial score (nSPS) is 10.5. The maximum atomic E-state index is 10.7. The van der Waals surface area contributed by atoms with Crippen LogP contribution in [0, 0.1) is 6.92 Å². The third-order valence-corrected chi connectivity index (χ3v) is 1.58. The quantitative estimate of drug-likeness (QED) is 0.658. The fourth-order valence-electron chi connectivity index (χ4n) is 1.05. The van der Waals surface area contributed by atoms with E-state index in [4.69, 9.17) is 5.11 Å². The molecule has 5 heteroatoms. The van der Waals surface area contributed by atoms with Crippen molar-refractivity contribution in [2.75, 3.05) is 5.32 Å². The second-order valence-corrected chi connectivity index (χ2v) is 3.18. The number of carboxylic acid groups (broad SMARTS) is 1. The lowest BCUT2D eigenvalue weighted by molar-refractivity contribution is 0.0691. The summed E-state index contributed by atoms with van der Waals surface area (Å²) in [6.07, 6.45) is 0. The van der Waals surface area contributed by atoms with Gasteiger partial charge in [-0.3, -0.25) is 5.10 Å². The number of aromatic amines is 1. The van der Waals surface area contributed by atoms with Crippen LogP contribution < -0.4 is 5.32 Å². The predicted octanol–water partition coefficient (Wildman–Crippen LogP) is 1.24. The Kier molecular flexibility index (Phi) is 2.55. The second kappa shape index (κ2) is 3.47. The molecule has 1 rings (SSSR count). The fourth-order valence-corrected chi connectivity index (χ4v) is 1.05. The van der Waals surface area contributed by atoms with Gasteiger partial charge in [0.05, 0.1) is 11.4 Å². The maximum absolute atomic E-state index is 10.7. The van der Waals surface area contributed by atoms with Gasteiger partial charge in [0.15, 0.2) is 5.69 Å². The SMILES string of the molecule is Cc1[nH]nc(C(=O)O)c1NC(C)C. The van der Waals surface area contributed by atoms with Gasteiger partial charge in [-0.15, -0.1) is 0 Å². The van der Waals surface area contributed by atoms with Crippen LogP contribution in [-0.4, -0.2) is 27.3 Å². The monoisotopic (exact) mass is 183 g/mol. The first kappa shape index (κ1) is 9.57. The van der Waals surface area contributed by atoms with Crippen LogP contribution in [0.15, 0.2) is 0 Å². The summed E-state index contributed by atoms with van der Waals surface area (Å²) in [7, 11) is 0. The highest BCUT2D eigenvalue weighted by molar-refractivity contribution is 5.92. The number of aryl methyl sites for hydroxylation is 1. The van der Waals surface area contributed by atoms with E-state index in [1.165, 1.54) is 0 Å². The second-order valence-electron chi connectivity index (χ2n) is 3.18. The summed E-state index contributed by atoms with van der Waals surface area (Å²) in [5.41, 5.74) is 1.36. The Morgan fingerprint density at radius 3 is 2.69 bits per heavy atom. The van der Waals surface area contributed by atoms with Gasteiger partial charge in [0.2, 0.25) is 0 Å². The van der Waals surface area contributed by atoms with E-state index in [1.54, 1.807) is 6.92 Å². The first-order valence-electron chi connectivity index (χ1n) is 4.07. The minimum atomic E-state index is -1.02. The smallest absolute Gasteiger partial charge is 0.358 e. The third kappa shape index (κ3) is 1.99. The minimum absolute atomic E-state index is 0.0474. The summed E-state index contributed by atoms with van der Waals surface area (Å²) in [5, 5.41) is 18.1. The zero-order valence-corrected chi connectivity index (χ0v) is 7.88. The number of carboxylic acids is 1. The molecule has 0 atom stereocenters. The van der Waals surface area contributed by atoms with E-state index in [1.807, 2.05) is 13.8 Å². The molecule has 0 saturated heterocycles. The molecule has 0 aromatic carbocycles. The van der Waals surface area contributed by atoms with E-state index in [0.717, 1.165) is 5.69 Å². The van der Waals surface area contributed by atoms with E-state index in [-0.39, 0.29) is 11.7 Å². The molecule has 72 valence electrons. The summed E-state index contributed by atoms with van der Waals surface area (Å²) in [6, 6.07) is 0.189. The zero-order chi connectivity index (χ0) is 10.0.